The number of alkyl halides is 1. The summed E-state index contributed by atoms with van der Waals surface area (Å²) in [5.74, 6) is -3.36. The van der Waals surface area contributed by atoms with Crippen LogP contribution in [-0.2, 0) is 0 Å². The maximum atomic E-state index is 13.0. The Morgan fingerprint density at radius 1 is 1.44 bits per heavy atom. The van der Waals surface area contributed by atoms with Crippen molar-refractivity contribution in [2.24, 2.45) is 0 Å². The predicted molar refractivity (Wildman–Crippen MR) is 60.7 cm³/mol. The third-order valence-corrected chi connectivity index (χ3v) is 2.40. The van der Waals surface area contributed by atoms with Crippen LogP contribution in [0.3, 0.4) is 0 Å². The molecule has 98 valence electrons. The van der Waals surface area contributed by atoms with E-state index >= 15 is 0 Å². The van der Waals surface area contributed by atoms with Gasteiger partial charge in [0.15, 0.2) is 11.6 Å². The van der Waals surface area contributed by atoms with Crippen LogP contribution in [0.5, 0.6) is 0 Å². The van der Waals surface area contributed by atoms with E-state index in [4.69, 9.17) is 11.6 Å². The molecule has 0 radical (unpaired) electrons. The quantitative estimate of drug-likeness (QED) is 0.482. The summed E-state index contributed by atoms with van der Waals surface area (Å²) in [5, 5.41) is 10.7. The second kappa shape index (κ2) is 5.72. The molecule has 1 amide bonds. The third-order valence-electron chi connectivity index (χ3n) is 2.23. The van der Waals surface area contributed by atoms with Gasteiger partial charge in [0, 0.05) is 19.5 Å². The Bertz CT molecular complexity index is 496. The first-order valence-electron chi connectivity index (χ1n) is 4.83. The fraction of sp³-hybridized carbons (Fsp3) is 0.300. The number of nitro benzene ring substituents is 1. The summed E-state index contributed by atoms with van der Waals surface area (Å²) in [6.07, 6.45) is 0. The van der Waals surface area contributed by atoms with Gasteiger partial charge in [-0.25, -0.2) is 8.78 Å². The van der Waals surface area contributed by atoms with Crippen LogP contribution in [-0.4, -0.2) is 35.2 Å². The van der Waals surface area contributed by atoms with Crippen LogP contribution in [0.2, 0.25) is 0 Å². The highest BCUT2D eigenvalue weighted by Crippen LogP contribution is 2.23. The predicted octanol–water partition coefficient (Wildman–Crippen LogP) is 2.18. The number of benzene rings is 1. The number of rotatable bonds is 4. The molecule has 8 heteroatoms. The van der Waals surface area contributed by atoms with Crippen molar-refractivity contribution < 1.29 is 18.5 Å². The molecule has 0 N–H and O–H groups in total. The molecule has 0 atom stereocenters. The lowest BCUT2D eigenvalue weighted by Gasteiger charge is -2.15. The van der Waals surface area contributed by atoms with Crippen LogP contribution in [0.1, 0.15) is 10.4 Å². The van der Waals surface area contributed by atoms with E-state index in [1.165, 1.54) is 7.05 Å². The van der Waals surface area contributed by atoms with E-state index in [0.29, 0.717) is 12.1 Å². The van der Waals surface area contributed by atoms with Crippen molar-refractivity contribution in [3.63, 3.8) is 0 Å². The Morgan fingerprint density at radius 3 is 2.50 bits per heavy atom. The maximum absolute atomic E-state index is 13.0. The van der Waals surface area contributed by atoms with Gasteiger partial charge in [0.1, 0.15) is 5.56 Å². The summed E-state index contributed by atoms with van der Waals surface area (Å²) in [7, 11) is 1.36. The van der Waals surface area contributed by atoms with E-state index in [0.717, 1.165) is 4.90 Å². The zero-order valence-corrected chi connectivity index (χ0v) is 10.1. The molecule has 1 aromatic rings. The molecule has 0 heterocycles. The normalized spacial score (nSPS) is 10.2. The first-order valence-corrected chi connectivity index (χ1v) is 5.36. The van der Waals surface area contributed by atoms with Crippen molar-refractivity contribution in [1.82, 2.24) is 4.90 Å². The summed E-state index contributed by atoms with van der Waals surface area (Å²) < 4.78 is 25.9. The Labute approximate surface area is 106 Å². The van der Waals surface area contributed by atoms with Gasteiger partial charge in [-0.15, -0.1) is 11.6 Å². The van der Waals surface area contributed by atoms with Crippen molar-refractivity contribution in [3.05, 3.63) is 39.4 Å². The molecule has 0 spiro atoms. The van der Waals surface area contributed by atoms with Crippen LogP contribution in [0.25, 0.3) is 0 Å². The zero-order valence-electron chi connectivity index (χ0n) is 9.32. The Kier molecular flexibility index (Phi) is 4.55. The number of halogens is 3. The number of hydrogen-bond acceptors (Lipinski definition) is 3. The largest absolute Gasteiger partial charge is 0.340 e. The summed E-state index contributed by atoms with van der Waals surface area (Å²) in [6.45, 7) is 0.135. The summed E-state index contributed by atoms with van der Waals surface area (Å²) >= 11 is 5.42. The third kappa shape index (κ3) is 2.92. The van der Waals surface area contributed by atoms with Crippen molar-refractivity contribution >= 4 is 23.2 Å². The summed E-state index contributed by atoms with van der Waals surface area (Å²) in [5.41, 5.74) is -1.29. The standard InChI is InChI=1S/C10H9ClF2N2O3/c1-14(3-2-11)10(16)6-4-7(12)8(13)5-9(6)15(17)18/h4-5H,2-3H2,1H3. The first kappa shape index (κ1) is 14.3. The number of hydrogen-bond donors (Lipinski definition) is 0. The molecule has 0 aliphatic carbocycles. The van der Waals surface area contributed by atoms with Crippen molar-refractivity contribution in [1.29, 1.82) is 0 Å². The minimum Gasteiger partial charge on any atom is -0.340 e. The Hall–Kier alpha value is -1.76. The second-order valence-electron chi connectivity index (χ2n) is 3.46. The van der Waals surface area contributed by atoms with Crippen molar-refractivity contribution in [2.75, 3.05) is 19.5 Å². The van der Waals surface area contributed by atoms with Crippen LogP contribution in [0.4, 0.5) is 14.5 Å². The molecular weight excluding hydrogens is 270 g/mol. The molecule has 1 aromatic carbocycles. The number of nitrogens with zero attached hydrogens (tertiary/aromatic N) is 2. The molecule has 0 bridgehead atoms. The van der Waals surface area contributed by atoms with Crippen LogP contribution in [0, 0.1) is 21.7 Å². The van der Waals surface area contributed by atoms with E-state index in [1.807, 2.05) is 0 Å². The molecular formula is C10H9ClF2N2O3. The summed E-state index contributed by atoms with van der Waals surface area (Å²) in [6, 6.07) is 0.900. The van der Waals surface area contributed by atoms with E-state index in [2.05, 4.69) is 0 Å². The minimum atomic E-state index is -1.38. The van der Waals surface area contributed by atoms with Gasteiger partial charge in [-0.2, -0.15) is 0 Å². The van der Waals surface area contributed by atoms with Crippen molar-refractivity contribution in [3.8, 4) is 0 Å². The van der Waals surface area contributed by atoms with E-state index in [-0.39, 0.29) is 12.4 Å². The molecule has 1 rings (SSSR count). The number of carbonyl (C=O) groups is 1. The molecule has 5 nitrogen and oxygen atoms in total. The molecule has 0 saturated heterocycles. The van der Waals surface area contributed by atoms with Crippen LogP contribution >= 0.6 is 11.6 Å². The average molecular weight is 279 g/mol. The first-order chi connectivity index (χ1) is 8.38. The fourth-order valence-electron chi connectivity index (χ4n) is 1.29. The second-order valence-corrected chi connectivity index (χ2v) is 3.83. The average Bonchev–Trinajstić information content (AvgIpc) is 2.31. The molecule has 18 heavy (non-hydrogen) atoms. The topological polar surface area (TPSA) is 63.5 Å². The van der Waals surface area contributed by atoms with Gasteiger partial charge in [0.05, 0.1) is 11.0 Å². The van der Waals surface area contributed by atoms with Gasteiger partial charge in [-0.3, -0.25) is 14.9 Å². The number of nitro groups is 1. The van der Waals surface area contributed by atoms with Crippen LogP contribution < -0.4 is 0 Å². The molecule has 0 aliphatic heterocycles. The smallest absolute Gasteiger partial charge is 0.285 e. The molecule has 0 aliphatic rings. The molecule has 0 fully saturated rings. The van der Waals surface area contributed by atoms with Gasteiger partial charge in [-0.05, 0) is 6.07 Å². The molecule has 0 saturated carbocycles. The van der Waals surface area contributed by atoms with Gasteiger partial charge in [0.25, 0.3) is 11.6 Å². The minimum absolute atomic E-state index is 0.125. The lowest BCUT2D eigenvalue weighted by molar-refractivity contribution is -0.385. The Balaban J connectivity index is 3.26. The fourth-order valence-corrected chi connectivity index (χ4v) is 1.55. The highest BCUT2D eigenvalue weighted by Gasteiger charge is 2.25. The van der Waals surface area contributed by atoms with E-state index in [9.17, 15) is 23.7 Å². The highest BCUT2D eigenvalue weighted by molar-refractivity contribution is 6.18. The number of carbonyl (C=O) groups excluding carboxylic acids is 1. The van der Waals surface area contributed by atoms with Crippen molar-refractivity contribution in [2.45, 2.75) is 0 Å². The monoisotopic (exact) mass is 278 g/mol. The number of amides is 1. The SMILES string of the molecule is CN(CCCl)C(=O)c1cc(F)c(F)cc1[N+](=O)[O-]. The maximum Gasteiger partial charge on any atom is 0.285 e. The van der Waals surface area contributed by atoms with Gasteiger partial charge in [0.2, 0.25) is 0 Å². The Morgan fingerprint density at radius 2 is 2.00 bits per heavy atom. The van der Waals surface area contributed by atoms with Gasteiger partial charge in [-0.1, -0.05) is 0 Å². The van der Waals surface area contributed by atoms with E-state index in [1.54, 1.807) is 0 Å². The van der Waals surface area contributed by atoms with E-state index < -0.39 is 33.7 Å². The van der Waals surface area contributed by atoms with Gasteiger partial charge >= 0.3 is 0 Å². The molecule has 0 aromatic heterocycles. The highest BCUT2D eigenvalue weighted by atomic mass is 35.5. The lowest BCUT2D eigenvalue weighted by Crippen LogP contribution is -2.29. The van der Waals surface area contributed by atoms with Crippen LogP contribution in [0.15, 0.2) is 12.1 Å². The zero-order chi connectivity index (χ0) is 13.9. The van der Waals surface area contributed by atoms with Gasteiger partial charge < -0.3 is 4.90 Å². The summed E-state index contributed by atoms with van der Waals surface area (Å²) in [4.78, 5) is 22.6. The molecule has 0 unspecified atom stereocenters. The lowest BCUT2D eigenvalue weighted by atomic mass is 10.1.